The van der Waals surface area contributed by atoms with Crippen LogP contribution in [0.1, 0.15) is 25.3 Å². The fourth-order valence-corrected chi connectivity index (χ4v) is 1.86. The minimum absolute atomic E-state index is 0.331. The zero-order valence-electron chi connectivity index (χ0n) is 11.5. The Kier molecular flexibility index (Phi) is 4.55. The van der Waals surface area contributed by atoms with Gasteiger partial charge in [0.2, 0.25) is 0 Å². The van der Waals surface area contributed by atoms with Gasteiger partial charge >= 0.3 is 0 Å². The molecule has 1 aliphatic rings. The van der Waals surface area contributed by atoms with Crippen molar-refractivity contribution >= 4 is 5.82 Å². The van der Waals surface area contributed by atoms with Gasteiger partial charge in [-0.2, -0.15) is 0 Å². The van der Waals surface area contributed by atoms with Crippen molar-refractivity contribution in [2.75, 3.05) is 25.7 Å². The van der Waals surface area contributed by atoms with Gasteiger partial charge in [0, 0.05) is 32.9 Å². The first-order chi connectivity index (χ1) is 8.70. The van der Waals surface area contributed by atoms with Crippen LogP contribution in [0.5, 0.6) is 0 Å². The van der Waals surface area contributed by atoms with Crippen LogP contribution in [0.2, 0.25) is 0 Å². The number of hydrogen-bond acceptors (Lipinski definition) is 4. The summed E-state index contributed by atoms with van der Waals surface area (Å²) < 4.78 is 5.16. The summed E-state index contributed by atoms with van der Waals surface area (Å²) in [6.07, 6.45) is 4.60. The second-order valence-electron chi connectivity index (χ2n) is 5.10. The van der Waals surface area contributed by atoms with Crippen LogP contribution in [0.25, 0.3) is 0 Å². The average molecular weight is 249 g/mol. The van der Waals surface area contributed by atoms with E-state index in [0.29, 0.717) is 12.6 Å². The molecule has 1 aliphatic carbocycles. The highest BCUT2D eigenvalue weighted by atomic mass is 16.5. The van der Waals surface area contributed by atoms with E-state index >= 15 is 0 Å². The van der Waals surface area contributed by atoms with Crippen molar-refractivity contribution in [3.8, 4) is 0 Å². The Hall–Kier alpha value is -1.13. The van der Waals surface area contributed by atoms with Crippen molar-refractivity contribution in [3.63, 3.8) is 0 Å². The lowest BCUT2D eigenvalue weighted by Crippen LogP contribution is -2.33. The quantitative estimate of drug-likeness (QED) is 0.799. The first kappa shape index (κ1) is 13.3. The topological polar surface area (TPSA) is 37.4 Å². The van der Waals surface area contributed by atoms with Gasteiger partial charge in [-0.3, -0.25) is 0 Å². The highest BCUT2D eigenvalue weighted by Gasteiger charge is 2.20. The summed E-state index contributed by atoms with van der Waals surface area (Å²) in [6.45, 7) is 3.77. The van der Waals surface area contributed by atoms with Crippen molar-refractivity contribution in [1.29, 1.82) is 0 Å². The van der Waals surface area contributed by atoms with Gasteiger partial charge in [0.05, 0.1) is 12.6 Å². The molecule has 1 N–H and O–H groups in total. The van der Waals surface area contributed by atoms with Gasteiger partial charge in [-0.25, -0.2) is 4.98 Å². The Morgan fingerprint density at radius 1 is 1.50 bits per heavy atom. The minimum Gasteiger partial charge on any atom is -0.383 e. The van der Waals surface area contributed by atoms with E-state index in [4.69, 9.17) is 4.74 Å². The van der Waals surface area contributed by atoms with Gasteiger partial charge in [-0.1, -0.05) is 6.07 Å². The van der Waals surface area contributed by atoms with Gasteiger partial charge < -0.3 is 15.0 Å². The Morgan fingerprint density at radius 3 is 2.83 bits per heavy atom. The van der Waals surface area contributed by atoms with E-state index in [1.807, 2.05) is 13.2 Å². The van der Waals surface area contributed by atoms with Crippen LogP contribution in [0.3, 0.4) is 0 Å². The summed E-state index contributed by atoms with van der Waals surface area (Å²) >= 11 is 0. The molecule has 0 amide bonds. The highest BCUT2D eigenvalue weighted by molar-refractivity contribution is 5.39. The molecule has 1 aromatic heterocycles. The standard InChI is InChI=1S/C14H23N3O/c1-11(10-18-3)17(2)14-7-4-12(9-16-14)8-15-13-5-6-13/h4,7,9,11,13,15H,5-6,8,10H2,1-3H3. The summed E-state index contributed by atoms with van der Waals surface area (Å²) in [5, 5.41) is 3.49. The molecule has 4 heteroatoms. The number of aromatic nitrogens is 1. The molecule has 1 saturated carbocycles. The Bertz CT molecular complexity index is 362. The number of methoxy groups -OCH3 is 1. The maximum atomic E-state index is 5.16. The summed E-state index contributed by atoms with van der Waals surface area (Å²) in [5.74, 6) is 0.995. The van der Waals surface area contributed by atoms with Gasteiger partial charge in [0.25, 0.3) is 0 Å². The van der Waals surface area contributed by atoms with Gasteiger partial charge in [-0.05, 0) is 31.4 Å². The first-order valence-electron chi connectivity index (χ1n) is 6.60. The molecule has 0 aromatic carbocycles. The Morgan fingerprint density at radius 2 is 2.28 bits per heavy atom. The molecule has 1 fully saturated rings. The largest absolute Gasteiger partial charge is 0.383 e. The summed E-state index contributed by atoms with van der Waals surface area (Å²) in [7, 11) is 3.78. The molecule has 0 saturated heterocycles. The molecule has 100 valence electrons. The highest BCUT2D eigenvalue weighted by Crippen LogP contribution is 2.19. The zero-order valence-corrected chi connectivity index (χ0v) is 11.5. The smallest absolute Gasteiger partial charge is 0.128 e. The van der Waals surface area contributed by atoms with Crippen LogP contribution in [0, 0.1) is 0 Å². The SMILES string of the molecule is COCC(C)N(C)c1ccc(CNC2CC2)cn1. The maximum Gasteiger partial charge on any atom is 0.128 e. The molecule has 1 atom stereocenters. The second-order valence-corrected chi connectivity index (χ2v) is 5.10. The number of pyridine rings is 1. The number of hydrogen-bond donors (Lipinski definition) is 1. The lowest BCUT2D eigenvalue weighted by Gasteiger charge is -2.25. The van der Waals surface area contributed by atoms with Crippen LogP contribution in [-0.4, -0.2) is 37.8 Å². The van der Waals surface area contributed by atoms with E-state index in [0.717, 1.165) is 18.4 Å². The molecule has 1 heterocycles. The maximum absolute atomic E-state index is 5.16. The third-order valence-corrected chi connectivity index (χ3v) is 3.41. The molecule has 0 aliphatic heterocycles. The molecular weight excluding hydrogens is 226 g/mol. The van der Waals surface area contributed by atoms with E-state index < -0.39 is 0 Å². The zero-order chi connectivity index (χ0) is 13.0. The number of nitrogens with zero attached hydrogens (tertiary/aromatic N) is 2. The van der Waals surface area contributed by atoms with E-state index in [1.165, 1.54) is 18.4 Å². The normalized spacial score (nSPS) is 16.6. The van der Waals surface area contributed by atoms with E-state index in [-0.39, 0.29) is 0 Å². The van der Waals surface area contributed by atoms with Gasteiger partial charge in [0.15, 0.2) is 0 Å². The number of anilines is 1. The third-order valence-electron chi connectivity index (χ3n) is 3.41. The predicted octanol–water partition coefficient (Wildman–Crippen LogP) is 1.80. The molecule has 18 heavy (non-hydrogen) atoms. The van der Waals surface area contributed by atoms with Crippen molar-refractivity contribution < 1.29 is 4.74 Å². The molecule has 4 nitrogen and oxygen atoms in total. The first-order valence-corrected chi connectivity index (χ1v) is 6.60. The monoisotopic (exact) mass is 249 g/mol. The molecule has 1 aromatic rings. The van der Waals surface area contributed by atoms with Crippen LogP contribution in [0.15, 0.2) is 18.3 Å². The van der Waals surface area contributed by atoms with E-state index in [9.17, 15) is 0 Å². The third kappa shape index (κ3) is 3.68. The lowest BCUT2D eigenvalue weighted by atomic mass is 10.2. The summed E-state index contributed by atoms with van der Waals surface area (Å²) in [4.78, 5) is 6.65. The summed E-state index contributed by atoms with van der Waals surface area (Å²) in [5.41, 5.74) is 1.25. The molecule has 2 rings (SSSR count). The fourth-order valence-electron chi connectivity index (χ4n) is 1.86. The lowest BCUT2D eigenvalue weighted by molar-refractivity contribution is 0.183. The van der Waals surface area contributed by atoms with Crippen LogP contribution >= 0.6 is 0 Å². The molecule has 1 unspecified atom stereocenters. The van der Waals surface area contributed by atoms with Crippen LogP contribution < -0.4 is 10.2 Å². The van der Waals surface area contributed by atoms with E-state index in [2.05, 4.69) is 34.3 Å². The van der Waals surface area contributed by atoms with Gasteiger partial charge in [0.1, 0.15) is 5.82 Å². The van der Waals surface area contributed by atoms with Crippen LogP contribution in [-0.2, 0) is 11.3 Å². The fraction of sp³-hybridized carbons (Fsp3) is 0.643. The van der Waals surface area contributed by atoms with E-state index in [1.54, 1.807) is 7.11 Å². The number of likely N-dealkylation sites (N-methyl/N-ethyl adjacent to an activating group) is 1. The van der Waals surface area contributed by atoms with Crippen molar-refractivity contribution in [2.45, 2.75) is 38.4 Å². The molecule has 0 bridgehead atoms. The van der Waals surface area contributed by atoms with Crippen molar-refractivity contribution in [1.82, 2.24) is 10.3 Å². The second kappa shape index (κ2) is 6.16. The number of rotatable bonds is 7. The van der Waals surface area contributed by atoms with Crippen molar-refractivity contribution in [3.05, 3.63) is 23.9 Å². The number of nitrogens with one attached hydrogen (secondary N) is 1. The van der Waals surface area contributed by atoms with Gasteiger partial charge in [-0.15, -0.1) is 0 Å². The average Bonchev–Trinajstić information content (AvgIpc) is 3.20. The van der Waals surface area contributed by atoms with Crippen LogP contribution in [0.4, 0.5) is 5.82 Å². The Balaban J connectivity index is 1.88. The Labute approximate surface area is 109 Å². The molecule has 0 radical (unpaired) electrons. The minimum atomic E-state index is 0.331. The summed E-state index contributed by atoms with van der Waals surface area (Å²) in [6, 6.07) is 5.30. The molecular formula is C14H23N3O. The van der Waals surface area contributed by atoms with Crippen molar-refractivity contribution in [2.24, 2.45) is 0 Å². The predicted molar refractivity (Wildman–Crippen MR) is 73.8 cm³/mol. The molecule has 0 spiro atoms. The number of ether oxygens (including phenoxy) is 1.